The number of fused-ring (bicyclic) bond motifs is 1. The maximum absolute atomic E-state index is 4.60. The van der Waals surface area contributed by atoms with Crippen LogP contribution in [0.3, 0.4) is 0 Å². The highest BCUT2D eigenvalue weighted by atomic mass is 15.3. The van der Waals surface area contributed by atoms with Crippen molar-refractivity contribution in [1.29, 1.82) is 0 Å². The van der Waals surface area contributed by atoms with E-state index in [2.05, 4.69) is 35.4 Å². The lowest BCUT2D eigenvalue weighted by molar-refractivity contribution is 0.180. The van der Waals surface area contributed by atoms with E-state index in [0.29, 0.717) is 12.0 Å². The van der Waals surface area contributed by atoms with E-state index >= 15 is 0 Å². The first kappa shape index (κ1) is 14.1. The first-order valence-electron chi connectivity index (χ1n) is 8.15. The van der Waals surface area contributed by atoms with Crippen molar-refractivity contribution < 1.29 is 0 Å². The van der Waals surface area contributed by atoms with Crippen molar-refractivity contribution in [3.63, 3.8) is 0 Å². The summed E-state index contributed by atoms with van der Waals surface area (Å²) in [5.74, 6) is 0.503. The van der Waals surface area contributed by atoms with Gasteiger partial charge in [-0.1, -0.05) is 20.3 Å². The lowest BCUT2D eigenvalue weighted by Gasteiger charge is -2.32. The summed E-state index contributed by atoms with van der Waals surface area (Å²) in [5.41, 5.74) is 2.62. The van der Waals surface area contributed by atoms with Crippen LogP contribution in [0.5, 0.6) is 0 Å². The molecular formula is C16H28N4. The van der Waals surface area contributed by atoms with Crippen LogP contribution in [0.15, 0.2) is 6.20 Å². The average Bonchev–Trinajstić information content (AvgIpc) is 3.00. The van der Waals surface area contributed by atoms with E-state index in [1.54, 1.807) is 0 Å². The Bertz CT molecular complexity index is 451. The highest BCUT2D eigenvalue weighted by Crippen LogP contribution is 2.27. The molecule has 112 valence electrons. The monoisotopic (exact) mass is 276 g/mol. The molecule has 3 rings (SSSR count). The van der Waals surface area contributed by atoms with Gasteiger partial charge in [-0.25, -0.2) is 0 Å². The Balaban J connectivity index is 1.62. The predicted octanol–water partition coefficient (Wildman–Crippen LogP) is 2.26. The van der Waals surface area contributed by atoms with Gasteiger partial charge in [0.15, 0.2) is 0 Å². The van der Waals surface area contributed by atoms with Crippen LogP contribution in [0.2, 0.25) is 0 Å². The number of piperidine rings is 1. The molecule has 20 heavy (non-hydrogen) atoms. The molecule has 4 nitrogen and oxygen atoms in total. The molecule has 0 spiro atoms. The normalized spacial score (nSPS) is 27.2. The zero-order valence-electron chi connectivity index (χ0n) is 13.1. The van der Waals surface area contributed by atoms with Gasteiger partial charge in [0.05, 0.1) is 5.69 Å². The quantitative estimate of drug-likeness (QED) is 0.916. The van der Waals surface area contributed by atoms with Gasteiger partial charge in [-0.2, -0.15) is 5.10 Å². The topological polar surface area (TPSA) is 33.1 Å². The smallest absolute Gasteiger partial charge is 0.0694 e. The Labute approximate surface area is 122 Å². The molecule has 3 heterocycles. The molecule has 2 aliphatic heterocycles. The predicted molar refractivity (Wildman–Crippen MR) is 81.8 cm³/mol. The Morgan fingerprint density at radius 2 is 2.15 bits per heavy atom. The minimum Gasteiger partial charge on any atom is -0.308 e. The van der Waals surface area contributed by atoms with E-state index in [-0.39, 0.29) is 0 Å². The van der Waals surface area contributed by atoms with E-state index in [0.717, 1.165) is 12.6 Å². The van der Waals surface area contributed by atoms with Crippen LogP contribution in [0.1, 0.15) is 56.7 Å². The number of rotatable bonds is 4. The van der Waals surface area contributed by atoms with Crippen molar-refractivity contribution in [2.24, 2.45) is 7.05 Å². The van der Waals surface area contributed by atoms with Gasteiger partial charge in [0.1, 0.15) is 0 Å². The molecule has 0 amide bonds. The Morgan fingerprint density at radius 1 is 1.30 bits per heavy atom. The van der Waals surface area contributed by atoms with E-state index in [9.17, 15) is 0 Å². The van der Waals surface area contributed by atoms with Crippen LogP contribution in [-0.2, 0) is 13.6 Å². The fraction of sp³-hybridized carbons (Fsp3) is 0.812. The van der Waals surface area contributed by atoms with Crippen LogP contribution in [0.4, 0.5) is 0 Å². The highest BCUT2D eigenvalue weighted by molar-refractivity contribution is 5.20. The van der Waals surface area contributed by atoms with Crippen LogP contribution in [-0.4, -0.2) is 39.9 Å². The van der Waals surface area contributed by atoms with Crippen LogP contribution in [0, 0.1) is 0 Å². The van der Waals surface area contributed by atoms with Crippen molar-refractivity contribution in [2.75, 3.05) is 13.1 Å². The summed E-state index contributed by atoms with van der Waals surface area (Å²) < 4.78 is 1.95. The summed E-state index contributed by atoms with van der Waals surface area (Å²) in [6, 6.07) is 1.46. The van der Waals surface area contributed by atoms with Crippen LogP contribution < -0.4 is 5.32 Å². The number of aryl methyl sites for hydroxylation is 1. The summed E-state index contributed by atoms with van der Waals surface area (Å²) in [6.07, 6.45) is 7.66. The summed E-state index contributed by atoms with van der Waals surface area (Å²) in [6.45, 7) is 8.02. The third kappa shape index (κ3) is 2.77. The zero-order valence-corrected chi connectivity index (χ0v) is 13.1. The van der Waals surface area contributed by atoms with E-state index in [1.165, 1.54) is 50.0 Å². The first-order valence-corrected chi connectivity index (χ1v) is 8.15. The summed E-state index contributed by atoms with van der Waals surface area (Å²) in [5, 5.41) is 8.41. The average molecular weight is 276 g/mol. The van der Waals surface area contributed by atoms with Gasteiger partial charge in [0.2, 0.25) is 0 Å². The molecule has 1 aromatic rings. The zero-order chi connectivity index (χ0) is 14.1. The van der Waals surface area contributed by atoms with Crippen LogP contribution in [0.25, 0.3) is 0 Å². The number of hydrogen-bond acceptors (Lipinski definition) is 3. The molecule has 0 aromatic carbocycles. The first-order chi connectivity index (χ1) is 9.65. The van der Waals surface area contributed by atoms with Gasteiger partial charge in [0.25, 0.3) is 0 Å². The third-order valence-electron chi connectivity index (χ3n) is 4.89. The number of aromatic nitrogens is 2. The number of hydrogen-bond donors (Lipinski definition) is 1. The SMILES string of the molecule is CC(C)c1nn(C)cc1CNC1CCN2CCCCC12. The molecular weight excluding hydrogens is 248 g/mol. The van der Waals surface area contributed by atoms with Crippen molar-refractivity contribution >= 4 is 0 Å². The Hall–Kier alpha value is -0.870. The van der Waals surface area contributed by atoms with E-state index in [4.69, 9.17) is 0 Å². The van der Waals surface area contributed by atoms with Crippen LogP contribution >= 0.6 is 0 Å². The highest BCUT2D eigenvalue weighted by Gasteiger charge is 2.35. The minimum absolute atomic E-state index is 0.503. The lowest BCUT2D eigenvalue weighted by atomic mass is 9.98. The minimum atomic E-state index is 0.503. The second-order valence-corrected chi connectivity index (χ2v) is 6.74. The molecule has 4 heteroatoms. The van der Waals surface area contributed by atoms with Crippen molar-refractivity contribution in [1.82, 2.24) is 20.0 Å². The van der Waals surface area contributed by atoms with Gasteiger partial charge in [-0.3, -0.25) is 9.58 Å². The number of nitrogens with one attached hydrogen (secondary N) is 1. The van der Waals surface area contributed by atoms with Gasteiger partial charge in [0, 0.05) is 44.0 Å². The van der Waals surface area contributed by atoms with E-state index in [1.807, 2.05) is 11.7 Å². The maximum Gasteiger partial charge on any atom is 0.0694 e. The van der Waals surface area contributed by atoms with Gasteiger partial charge in [-0.05, 0) is 31.7 Å². The third-order valence-corrected chi connectivity index (χ3v) is 4.89. The van der Waals surface area contributed by atoms with Gasteiger partial charge < -0.3 is 5.32 Å². The summed E-state index contributed by atoms with van der Waals surface area (Å²) >= 11 is 0. The van der Waals surface area contributed by atoms with Crippen molar-refractivity contribution in [3.8, 4) is 0 Å². The molecule has 1 N–H and O–H groups in total. The second-order valence-electron chi connectivity index (χ2n) is 6.74. The largest absolute Gasteiger partial charge is 0.308 e. The van der Waals surface area contributed by atoms with Crippen molar-refractivity contribution in [2.45, 2.75) is 64.1 Å². The lowest BCUT2D eigenvalue weighted by Crippen LogP contribution is -2.44. The van der Waals surface area contributed by atoms with Gasteiger partial charge >= 0.3 is 0 Å². The molecule has 2 unspecified atom stereocenters. The molecule has 2 atom stereocenters. The molecule has 0 bridgehead atoms. The van der Waals surface area contributed by atoms with Gasteiger partial charge in [-0.15, -0.1) is 0 Å². The summed E-state index contributed by atoms with van der Waals surface area (Å²) in [4.78, 5) is 2.69. The Kier molecular flexibility index (Phi) is 4.13. The molecule has 2 fully saturated rings. The molecule has 0 saturated carbocycles. The molecule has 0 aliphatic carbocycles. The Morgan fingerprint density at radius 3 is 2.95 bits per heavy atom. The molecule has 1 aromatic heterocycles. The molecule has 2 aliphatic rings. The summed E-state index contributed by atoms with van der Waals surface area (Å²) in [7, 11) is 2.02. The molecule has 2 saturated heterocycles. The van der Waals surface area contributed by atoms with E-state index < -0.39 is 0 Å². The second kappa shape index (κ2) is 5.86. The fourth-order valence-corrected chi connectivity index (χ4v) is 3.90. The standard InChI is InChI=1S/C16H28N4/c1-12(2)16-13(11-19(3)18-16)10-17-14-7-9-20-8-5-4-6-15(14)20/h11-12,14-15,17H,4-10H2,1-3H3. The maximum atomic E-state index is 4.60. The fourth-order valence-electron chi connectivity index (χ4n) is 3.90. The van der Waals surface area contributed by atoms with Crippen molar-refractivity contribution in [3.05, 3.63) is 17.5 Å². The molecule has 0 radical (unpaired) electrons. The number of nitrogens with zero attached hydrogens (tertiary/aromatic N) is 3.